The van der Waals surface area contributed by atoms with Crippen molar-refractivity contribution in [2.45, 2.75) is 32.4 Å². The van der Waals surface area contributed by atoms with Gasteiger partial charge in [0.15, 0.2) is 0 Å². The number of aromatic nitrogens is 3. The van der Waals surface area contributed by atoms with Gasteiger partial charge in [-0.05, 0) is 67.4 Å². The molecule has 2 heterocycles. The largest absolute Gasteiger partial charge is 0.497 e. The lowest BCUT2D eigenvalue weighted by molar-refractivity contribution is -0.0165. The number of methoxy groups -OCH3 is 1. The van der Waals surface area contributed by atoms with Crippen LogP contribution in [0.15, 0.2) is 83.8 Å². The van der Waals surface area contributed by atoms with Gasteiger partial charge >= 0.3 is 0 Å². The van der Waals surface area contributed by atoms with Crippen molar-refractivity contribution >= 4 is 22.5 Å². The molecule has 0 aliphatic rings. The van der Waals surface area contributed by atoms with Gasteiger partial charge in [0.05, 0.1) is 37.2 Å². The average Bonchev–Trinajstić information content (AvgIpc) is 3.22. The van der Waals surface area contributed by atoms with E-state index in [1.807, 2.05) is 24.3 Å². The van der Waals surface area contributed by atoms with Crippen LogP contribution in [0, 0.1) is 12.7 Å². The second kappa shape index (κ2) is 11.6. The lowest BCUT2D eigenvalue weighted by Crippen LogP contribution is -2.37. The molecule has 42 heavy (non-hydrogen) atoms. The summed E-state index contributed by atoms with van der Waals surface area (Å²) in [6.45, 7) is 2.32. The maximum absolute atomic E-state index is 15.3. The summed E-state index contributed by atoms with van der Waals surface area (Å²) in [5, 5.41) is 23.7. The number of fused-ring (bicyclic) bond motifs is 1. The molecule has 0 saturated carbocycles. The van der Waals surface area contributed by atoms with Crippen LogP contribution in [0.3, 0.4) is 0 Å². The van der Waals surface area contributed by atoms with Crippen LogP contribution in [0.1, 0.15) is 34.1 Å². The summed E-state index contributed by atoms with van der Waals surface area (Å²) in [6, 6.07) is 20.4. The predicted molar refractivity (Wildman–Crippen MR) is 158 cm³/mol. The number of halogens is 1. The lowest BCUT2D eigenvalue weighted by Gasteiger charge is -2.24. The minimum Gasteiger partial charge on any atom is -0.497 e. The molecule has 2 aromatic heterocycles. The highest BCUT2D eigenvalue weighted by Crippen LogP contribution is 2.26. The fourth-order valence-corrected chi connectivity index (χ4v) is 4.93. The highest BCUT2D eigenvalue weighted by atomic mass is 19.1. The van der Waals surface area contributed by atoms with Crippen LogP contribution >= 0.6 is 0 Å². The van der Waals surface area contributed by atoms with E-state index in [2.05, 4.69) is 10.3 Å². The van der Waals surface area contributed by atoms with Crippen LogP contribution in [-0.2, 0) is 13.0 Å². The molecule has 0 aliphatic heterocycles. The van der Waals surface area contributed by atoms with Crippen LogP contribution in [0.5, 0.6) is 5.75 Å². The van der Waals surface area contributed by atoms with Crippen molar-refractivity contribution in [3.8, 4) is 11.4 Å². The fraction of sp³-hybridized carbons (Fsp3) is 0.219. The summed E-state index contributed by atoms with van der Waals surface area (Å²) < 4.78 is 23.3. The van der Waals surface area contributed by atoms with Gasteiger partial charge in [-0.3, -0.25) is 19.3 Å². The maximum Gasteiger partial charge on any atom is 0.284 e. The molecule has 1 amide bonds. The number of aliphatic hydroxyl groups excluding tert-OH is 1. The molecule has 0 bridgehead atoms. The van der Waals surface area contributed by atoms with E-state index in [9.17, 15) is 19.8 Å². The van der Waals surface area contributed by atoms with Crippen LogP contribution < -0.4 is 15.6 Å². The van der Waals surface area contributed by atoms with Crippen LogP contribution in [-0.4, -0.2) is 49.8 Å². The molecule has 0 spiro atoms. The smallest absolute Gasteiger partial charge is 0.284 e. The average molecular weight is 571 g/mol. The highest BCUT2D eigenvalue weighted by molar-refractivity contribution is 6.05. The first-order chi connectivity index (χ1) is 20.1. The molecule has 0 saturated heterocycles. The number of anilines is 1. The Morgan fingerprint density at radius 2 is 1.83 bits per heavy atom. The molecule has 216 valence electrons. The monoisotopic (exact) mass is 570 g/mol. The summed E-state index contributed by atoms with van der Waals surface area (Å²) in [5.74, 6) is -0.551. The zero-order chi connectivity index (χ0) is 30.0. The molecule has 1 unspecified atom stereocenters. The van der Waals surface area contributed by atoms with Gasteiger partial charge in [-0.25, -0.2) is 9.07 Å². The van der Waals surface area contributed by atoms with Crippen LogP contribution in [0.2, 0.25) is 0 Å². The van der Waals surface area contributed by atoms with E-state index in [0.717, 1.165) is 16.5 Å². The molecule has 0 fully saturated rings. The van der Waals surface area contributed by atoms with E-state index in [1.165, 1.54) is 22.4 Å². The van der Waals surface area contributed by atoms with Crippen molar-refractivity contribution in [1.29, 1.82) is 0 Å². The molecule has 0 aliphatic carbocycles. The lowest BCUT2D eigenvalue weighted by atomic mass is 10.0. The first-order valence-corrected chi connectivity index (χ1v) is 13.3. The number of carbonyl (C=O) groups is 1. The minimum atomic E-state index is -1.55. The third kappa shape index (κ3) is 5.67. The predicted octanol–water partition coefficient (Wildman–Crippen LogP) is 4.23. The molecular weight excluding hydrogens is 539 g/mol. The zero-order valence-electron chi connectivity index (χ0n) is 23.5. The van der Waals surface area contributed by atoms with Gasteiger partial charge in [-0.15, -0.1) is 0 Å². The summed E-state index contributed by atoms with van der Waals surface area (Å²) in [7, 11) is 1.58. The van der Waals surface area contributed by atoms with E-state index in [0.29, 0.717) is 23.4 Å². The summed E-state index contributed by atoms with van der Waals surface area (Å²) >= 11 is 0. The van der Waals surface area contributed by atoms with Gasteiger partial charge in [0.1, 0.15) is 22.7 Å². The van der Waals surface area contributed by atoms with E-state index >= 15 is 4.39 Å². The van der Waals surface area contributed by atoms with Gasteiger partial charge in [0.2, 0.25) is 0 Å². The van der Waals surface area contributed by atoms with E-state index in [-0.39, 0.29) is 23.5 Å². The summed E-state index contributed by atoms with van der Waals surface area (Å²) in [6.07, 6.45) is 1.97. The minimum absolute atomic E-state index is 0.146. The Bertz CT molecular complexity index is 1830. The second-order valence-electron chi connectivity index (χ2n) is 10.4. The number of nitrogens with one attached hydrogen (secondary N) is 1. The molecule has 0 radical (unpaired) electrons. The second-order valence-corrected chi connectivity index (χ2v) is 10.4. The first-order valence-electron chi connectivity index (χ1n) is 13.3. The summed E-state index contributed by atoms with van der Waals surface area (Å²) in [4.78, 5) is 31.3. The Morgan fingerprint density at radius 3 is 2.52 bits per heavy atom. The molecule has 5 rings (SSSR count). The number of hydrogen-bond acceptors (Lipinski definition) is 6. The van der Waals surface area contributed by atoms with Crippen molar-refractivity contribution in [3.05, 3.63) is 118 Å². The van der Waals surface area contributed by atoms with E-state index < -0.39 is 29.5 Å². The maximum atomic E-state index is 15.3. The molecule has 9 nitrogen and oxygen atoms in total. The number of nitrogens with zero attached hydrogens (tertiary/aromatic N) is 3. The highest BCUT2D eigenvalue weighted by Gasteiger charge is 2.28. The number of aliphatic hydroxyl groups is 2. The number of rotatable bonds is 9. The molecule has 5 aromatic rings. The fourth-order valence-electron chi connectivity index (χ4n) is 4.93. The van der Waals surface area contributed by atoms with Gasteiger partial charge in [-0.2, -0.15) is 0 Å². The zero-order valence-corrected chi connectivity index (χ0v) is 23.5. The van der Waals surface area contributed by atoms with Gasteiger partial charge < -0.3 is 20.3 Å². The van der Waals surface area contributed by atoms with Crippen molar-refractivity contribution in [2.24, 2.45) is 0 Å². The topological polar surface area (TPSA) is 119 Å². The Morgan fingerprint density at radius 1 is 1.07 bits per heavy atom. The third-order valence-corrected chi connectivity index (χ3v) is 7.19. The molecule has 10 heteroatoms. The van der Waals surface area contributed by atoms with Crippen molar-refractivity contribution in [3.63, 3.8) is 0 Å². The van der Waals surface area contributed by atoms with Crippen LogP contribution in [0.4, 0.5) is 10.1 Å². The van der Waals surface area contributed by atoms with E-state index in [1.54, 1.807) is 62.7 Å². The van der Waals surface area contributed by atoms with Gasteiger partial charge in [-0.1, -0.05) is 24.3 Å². The molecular formula is C32H31FN4O5. The standard InChI is InChI=1S/C32H31FN4O5/c1-20-29(31(40)37(24-7-5-4-6-8-24)36(20)18-32(2,41)19-38)30(39)35-23-10-9-22(27(33)16-23)15-21-13-14-34-28-17-25(42-3)11-12-26(21)28/h4-14,16-17,38,41H,15,18-19H2,1-3H3,(H,35,39). The molecule has 3 aromatic carbocycles. The van der Waals surface area contributed by atoms with Crippen molar-refractivity contribution < 1.29 is 24.1 Å². The van der Waals surface area contributed by atoms with Gasteiger partial charge in [0.25, 0.3) is 11.5 Å². The number of ether oxygens (including phenoxy) is 1. The first kappa shape index (κ1) is 28.7. The number of benzene rings is 3. The number of carbonyl (C=O) groups excluding carboxylic acids is 1. The quantitative estimate of drug-likeness (QED) is 0.244. The number of para-hydroxylation sites is 1. The number of hydrogen-bond donors (Lipinski definition) is 3. The third-order valence-electron chi connectivity index (χ3n) is 7.19. The molecule has 1 atom stereocenters. The van der Waals surface area contributed by atoms with Crippen LogP contribution in [0.25, 0.3) is 16.6 Å². The molecule has 3 N–H and O–H groups in total. The van der Waals surface area contributed by atoms with Crippen molar-refractivity contribution in [1.82, 2.24) is 14.3 Å². The van der Waals surface area contributed by atoms with E-state index in [4.69, 9.17) is 4.74 Å². The number of amides is 1. The van der Waals surface area contributed by atoms with Gasteiger partial charge in [0, 0.05) is 29.8 Å². The Kier molecular flexibility index (Phi) is 7.93. The van der Waals surface area contributed by atoms with Crippen molar-refractivity contribution in [2.75, 3.05) is 19.0 Å². The SMILES string of the molecule is COc1ccc2c(Cc3ccc(NC(=O)c4c(C)n(CC(C)(O)CO)n(-c5ccccc5)c4=O)cc3F)ccnc2c1. The Balaban J connectivity index is 1.44. The normalized spacial score (nSPS) is 12.7. The Labute approximate surface area is 241 Å². The number of pyridine rings is 1. The Hall–Kier alpha value is -4.80. The summed E-state index contributed by atoms with van der Waals surface area (Å²) in [5.41, 5.74) is 0.687.